The first-order valence-corrected chi connectivity index (χ1v) is 16.0. The van der Waals surface area contributed by atoms with Crippen LogP contribution in [-0.2, 0) is 0 Å². The number of thiophene rings is 2. The van der Waals surface area contributed by atoms with Crippen molar-refractivity contribution < 1.29 is 11.0 Å². The lowest BCUT2D eigenvalue weighted by atomic mass is 9.85. The molecule has 0 aliphatic heterocycles. The maximum atomic E-state index is 9.45. The lowest BCUT2D eigenvalue weighted by molar-refractivity contribution is 1.67. The molecule has 0 saturated heterocycles. The second kappa shape index (κ2) is 9.24. The molecule has 0 nitrogen and oxygen atoms in total. The van der Waals surface area contributed by atoms with Gasteiger partial charge in [0.15, 0.2) is 0 Å². The highest BCUT2D eigenvalue weighted by molar-refractivity contribution is 7.27. The van der Waals surface area contributed by atoms with Crippen LogP contribution < -0.4 is 0 Å². The van der Waals surface area contributed by atoms with Crippen LogP contribution in [0.4, 0.5) is 0 Å². The Morgan fingerprint density at radius 2 is 1.00 bits per heavy atom. The lowest BCUT2D eigenvalue weighted by Gasteiger charge is -2.19. The SMILES string of the molecule is [2H]c1c([2H])c([2H])c2c(-c3cc4ccc5sc6ccccc6c5c4c4c3sc3ccccc34)c3c([2H])c([2H])c([2H])c([2H])c3c(-c3ccccc3)c2c1[2H]. The summed E-state index contributed by atoms with van der Waals surface area (Å²) in [7, 11) is 0. The van der Waals surface area contributed by atoms with Crippen LogP contribution >= 0.6 is 22.7 Å². The standard InChI is InChI=1S/C42H24S2/c1-2-12-25(13-3-1)37-27-14-4-6-16-29(27)39(30-17-7-5-15-28(30)37)33-24-26-22-23-36-40(31-18-8-10-20-34(31)43-36)38(26)41-32-19-9-11-21-35(32)44-42(33)41/h1-24H/i4D,5D,6D,7D,14D,15D,16D,17D. The quantitative estimate of drug-likeness (QED) is 0.173. The minimum absolute atomic E-state index is 0.221. The van der Waals surface area contributed by atoms with E-state index in [4.69, 9.17) is 5.48 Å². The van der Waals surface area contributed by atoms with Crippen molar-refractivity contribution in [3.63, 3.8) is 0 Å². The van der Waals surface area contributed by atoms with Gasteiger partial charge < -0.3 is 0 Å². The zero-order valence-corrected chi connectivity index (χ0v) is 24.7. The Kier molecular flexibility index (Phi) is 3.77. The average Bonchev–Trinajstić information content (AvgIpc) is 3.75. The van der Waals surface area contributed by atoms with Crippen LogP contribution in [0.1, 0.15) is 11.0 Å². The molecule has 204 valence electrons. The maximum Gasteiger partial charge on any atom is 0.0629 e. The van der Waals surface area contributed by atoms with Gasteiger partial charge in [0, 0.05) is 51.3 Å². The third kappa shape index (κ3) is 3.33. The molecule has 8 aromatic carbocycles. The summed E-state index contributed by atoms with van der Waals surface area (Å²) in [6.07, 6.45) is 0. The van der Waals surface area contributed by atoms with Gasteiger partial charge in [0.25, 0.3) is 0 Å². The molecule has 0 spiro atoms. The van der Waals surface area contributed by atoms with Gasteiger partial charge >= 0.3 is 0 Å². The number of benzene rings is 8. The molecule has 0 bridgehead atoms. The van der Waals surface area contributed by atoms with E-state index in [0.717, 1.165) is 46.4 Å². The molecule has 0 aliphatic carbocycles. The van der Waals surface area contributed by atoms with E-state index in [1.54, 1.807) is 22.7 Å². The second-order valence-electron chi connectivity index (χ2n) is 11.0. The molecule has 0 atom stereocenters. The van der Waals surface area contributed by atoms with Crippen molar-refractivity contribution in [2.24, 2.45) is 0 Å². The Morgan fingerprint density at radius 3 is 1.68 bits per heavy atom. The molecule has 0 unspecified atom stereocenters. The fourth-order valence-corrected chi connectivity index (χ4v) is 9.25. The summed E-state index contributed by atoms with van der Waals surface area (Å²) in [5.74, 6) is 0. The first-order valence-electron chi connectivity index (χ1n) is 18.4. The molecule has 2 heterocycles. The Balaban J connectivity index is 1.54. The van der Waals surface area contributed by atoms with Crippen molar-refractivity contribution in [3.05, 3.63) is 145 Å². The van der Waals surface area contributed by atoms with Crippen LogP contribution in [-0.4, -0.2) is 0 Å². The first kappa shape index (κ1) is 17.9. The largest absolute Gasteiger partial charge is 0.135 e. The van der Waals surface area contributed by atoms with E-state index in [-0.39, 0.29) is 45.7 Å². The van der Waals surface area contributed by atoms with Gasteiger partial charge in [-0.1, -0.05) is 121 Å². The molecule has 0 aliphatic rings. The summed E-state index contributed by atoms with van der Waals surface area (Å²) >= 11 is 3.33. The molecule has 2 aromatic heterocycles. The summed E-state index contributed by atoms with van der Waals surface area (Å²) in [5, 5.41) is 7.27. The molecule has 0 amide bonds. The normalized spacial score (nSPS) is 14.6. The molecule has 0 N–H and O–H groups in total. The van der Waals surface area contributed by atoms with Crippen LogP contribution in [0.15, 0.2) is 145 Å². The highest BCUT2D eigenvalue weighted by Crippen LogP contribution is 2.51. The van der Waals surface area contributed by atoms with Gasteiger partial charge in [0.1, 0.15) is 0 Å². The van der Waals surface area contributed by atoms with Crippen LogP contribution in [0.5, 0.6) is 0 Å². The molecule has 2 heteroatoms. The third-order valence-corrected chi connectivity index (χ3v) is 11.0. The van der Waals surface area contributed by atoms with Crippen molar-refractivity contribution >= 4 is 95.3 Å². The summed E-state index contributed by atoms with van der Waals surface area (Å²) in [6.45, 7) is 0. The Morgan fingerprint density at radius 1 is 0.432 bits per heavy atom. The summed E-state index contributed by atoms with van der Waals surface area (Å²) in [4.78, 5) is 0. The van der Waals surface area contributed by atoms with Crippen molar-refractivity contribution in [2.75, 3.05) is 0 Å². The number of fused-ring (bicyclic) bond motifs is 11. The van der Waals surface area contributed by atoms with E-state index in [1.165, 1.54) is 4.70 Å². The van der Waals surface area contributed by atoms with Gasteiger partial charge in [-0.3, -0.25) is 0 Å². The smallest absolute Gasteiger partial charge is 0.0629 e. The average molecular weight is 601 g/mol. The van der Waals surface area contributed by atoms with Crippen LogP contribution in [0, 0.1) is 0 Å². The molecular formula is C42H24S2. The van der Waals surface area contributed by atoms with Crippen molar-refractivity contribution in [3.8, 4) is 22.3 Å². The fraction of sp³-hybridized carbons (Fsp3) is 0. The van der Waals surface area contributed by atoms with E-state index in [2.05, 4.69) is 48.5 Å². The molecule has 0 saturated carbocycles. The van der Waals surface area contributed by atoms with E-state index in [9.17, 15) is 5.48 Å². The van der Waals surface area contributed by atoms with Gasteiger partial charge in [-0.2, -0.15) is 0 Å². The molecule has 0 radical (unpaired) electrons. The minimum Gasteiger partial charge on any atom is -0.135 e. The number of hydrogen-bond acceptors (Lipinski definition) is 2. The Hall–Kier alpha value is -5.02. The Labute approximate surface area is 273 Å². The van der Waals surface area contributed by atoms with Gasteiger partial charge in [-0.15, -0.1) is 22.7 Å². The van der Waals surface area contributed by atoms with Gasteiger partial charge in [0.05, 0.1) is 11.0 Å². The maximum absolute atomic E-state index is 9.45. The lowest BCUT2D eigenvalue weighted by Crippen LogP contribution is -1.91. The van der Waals surface area contributed by atoms with Crippen LogP contribution in [0.3, 0.4) is 0 Å². The molecule has 0 fully saturated rings. The number of hydrogen-bond donors (Lipinski definition) is 0. The van der Waals surface area contributed by atoms with Gasteiger partial charge in [0.2, 0.25) is 0 Å². The zero-order chi connectivity index (χ0) is 35.7. The van der Waals surface area contributed by atoms with E-state index in [1.807, 2.05) is 48.5 Å². The fourth-order valence-electron chi connectivity index (χ4n) is 6.90. The minimum atomic E-state index is -0.405. The monoisotopic (exact) mass is 600 g/mol. The van der Waals surface area contributed by atoms with Crippen molar-refractivity contribution in [2.45, 2.75) is 0 Å². The predicted molar refractivity (Wildman–Crippen MR) is 196 cm³/mol. The van der Waals surface area contributed by atoms with Crippen LogP contribution in [0.25, 0.3) is 94.9 Å². The summed E-state index contributed by atoms with van der Waals surface area (Å²) in [6, 6.07) is 29.3. The number of rotatable bonds is 2. The predicted octanol–water partition coefficient (Wildman–Crippen LogP) is 13.2. The van der Waals surface area contributed by atoms with Crippen molar-refractivity contribution in [1.29, 1.82) is 0 Å². The first-order chi connectivity index (χ1) is 25.2. The Bertz CT molecular complexity index is 3140. The van der Waals surface area contributed by atoms with Crippen molar-refractivity contribution in [1.82, 2.24) is 0 Å². The third-order valence-electron chi connectivity index (χ3n) is 8.67. The van der Waals surface area contributed by atoms with E-state index >= 15 is 0 Å². The topological polar surface area (TPSA) is 0 Å². The highest BCUT2D eigenvalue weighted by atomic mass is 32.1. The van der Waals surface area contributed by atoms with E-state index < -0.39 is 24.2 Å². The molecule has 10 aromatic rings. The highest BCUT2D eigenvalue weighted by Gasteiger charge is 2.22. The summed E-state index contributed by atoms with van der Waals surface area (Å²) < 4.78 is 77.1. The van der Waals surface area contributed by atoms with Gasteiger partial charge in [-0.25, -0.2) is 0 Å². The summed E-state index contributed by atoms with van der Waals surface area (Å²) in [5.41, 5.74) is 1.98. The van der Waals surface area contributed by atoms with Crippen LogP contribution in [0.2, 0.25) is 0 Å². The molecular weight excluding hydrogens is 569 g/mol. The molecule has 44 heavy (non-hydrogen) atoms. The molecule has 10 rings (SSSR count). The van der Waals surface area contributed by atoms with Gasteiger partial charge in [-0.05, 0) is 67.9 Å². The second-order valence-corrected chi connectivity index (χ2v) is 13.1. The zero-order valence-electron chi connectivity index (χ0n) is 31.1. The van der Waals surface area contributed by atoms with E-state index in [0.29, 0.717) is 22.3 Å².